The second-order valence-electron chi connectivity index (χ2n) is 6.42. The summed E-state index contributed by atoms with van der Waals surface area (Å²) in [5.41, 5.74) is 0.948. The van der Waals surface area contributed by atoms with Gasteiger partial charge in [-0.25, -0.2) is 13.1 Å². The van der Waals surface area contributed by atoms with Gasteiger partial charge in [-0.1, -0.05) is 0 Å². The maximum Gasteiger partial charge on any atom is 0.223 e. The van der Waals surface area contributed by atoms with Gasteiger partial charge in [0.1, 0.15) is 5.25 Å². The number of nitrogens with one attached hydrogen (secondary N) is 1. The normalized spacial score (nSPS) is 25.8. The van der Waals surface area contributed by atoms with E-state index in [4.69, 9.17) is 4.74 Å². The standard InChI is InChI=1S/C15H24N4O4S/c1-3-19-14(20)5-4-11(15(19)12-6-16-18(2)8-12)7-17-24(21,22)13-9-23-10-13/h6,8,11,13,15,17H,3-5,7,9-10H2,1-2H3/t11-,15+/m1/s1. The van der Waals surface area contributed by atoms with Crippen molar-refractivity contribution >= 4 is 15.9 Å². The molecule has 1 N–H and O–H groups in total. The average Bonchev–Trinajstić information content (AvgIpc) is 2.89. The first-order valence-corrected chi connectivity index (χ1v) is 9.81. The molecule has 2 saturated heterocycles. The van der Waals surface area contributed by atoms with Gasteiger partial charge >= 0.3 is 0 Å². The number of aromatic nitrogens is 2. The molecule has 3 heterocycles. The van der Waals surface area contributed by atoms with E-state index in [0.717, 1.165) is 5.56 Å². The molecule has 0 bridgehead atoms. The number of carbonyl (C=O) groups excluding carboxylic acids is 1. The van der Waals surface area contributed by atoms with Gasteiger partial charge < -0.3 is 9.64 Å². The van der Waals surface area contributed by atoms with Crippen molar-refractivity contribution in [1.82, 2.24) is 19.4 Å². The van der Waals surface area contributed by atoms with E-state index >= 15 is 0 Å². The number of rotatable bonds is 6. The van der Waals surface area contributed by atoms with Crippen LogP contribution in [-0.4, -0.2) is 60.6 Å². The lowest BCUT2D eigenvalue weighted by molar-refractivity contribution is -0.138. The van der Waals surface area contributed by atoms with Gasteiger partial charge in [0.25, 0.3) is 0 Å². The zero-order valence-electron chi connectivity index (χ0n) is 14.0. The van der Waals surface area contributed by atoms with Gasteiger partial charge in [0.15, 0.2) is 0 Å². The van der Waals surface area contributed by atoms with Crippen LogP contribution in [0.25, 0.3) is 0 Å². The summed E-state index contributed by atoms with van der Waals surface area (Å²) in [7, 11) is -1.53. The fourth-order valence-corrected chi connectivity index (χ4v) is 4.62. The van der Waals surface area contributed by atoms with Gasteiger partial charge in [-0.05, 0) is 19.3 Å². The van der Waals surface area contributed by atoms with Crippen LogP contribution >= 0.6 is 0 Å². The first-order chi connectivity index (χ1) is 11.4. The SMILES string of the molecule is CCN1C(=O)CC[C@H](CNS(=O)(=O)C2COC2)[C@H]1c1cnn(C)c1. The third kappa shape index (κ3) is 3.33. The summed E-state index contributed by atoms with van der Waals surface area (Å²) in [6.07, 6.45) is 4.77. The van der Waals surface area contributed by atoms with Gasteiger partial charge in [-0.2, -0.15) is 5.10 Å². The van der Waals surface area contributed by atoms with E-state index in [2.05, 4.69) is 9.82 Å². The van der Waals surface area contributed by atoms with Gasteiger partial charge in [0.05, 0.1) is 25.5 Å². The van der Waals surface area contributed by atoms with Crippen molar-refractivity contribution < 1.29 is 17.9 Å². The average molecular weight is 356 g/mol. The molecule has 0 aromatic carbocycles. The van der Waals surface area contributed by atoms with E-state index < -0.39 is 15.3 Å². The summed E-state index contributed by atoms with van der Waals surface area (Å²) < 4.78 is 33.9. The lowest BCUT2D eigenvalue weighted by Gasteiger charge is -2.40. The summed E-state index contributed by atoms with van der Waals surface area (Å²) in [5, 5.41) is 3.75. The summed E-state index contributed by atoms with van der Waals surface area (Å²) in [6, 6.07) is -0.148. The quantitative estimate of drug-likeness (QED) is 0.777. The Morgan fingerprint density at radius 3 is 2.71 bits per heavy atom. The minimum absolute atomic E-state index is 0.0302. The smallest absolute Gasteiger partial charge is 0.223 e. The molecular weight excluding hydrogens is 332 g/mol. The topological polar surface area (TPSA) is 93.5 Å². The molecule has 2 aliphatic rings. The molecule has 3 rings (SSSR count). The molecular formula is C15H24N4O4S. The number of nitrogens with zero attached hydrogens (tertiary/aromatic N) is 3. The molecule has 1 amide bonds. The lowest BCUT2D eigenvalue weighted by atomic mass is 9.85. The van der Waals surface area contributed by atoms with E-state index in [1.54, 1.807) is 10.9 Å². The number of piperidine rings is 1. The third-order valence-corrected chi connectivity index (χ3v) is 6.55. The molecule has 8 nitrogen and oxygen atoms in total. The van der Waals surface area contributed by atoms with Crippen molar-refractivity contribution in [2.75, 3.05) is 26.3 Å². The minimum Gasteiger partial charge on any atom is -0.378 e. The Balaban J connectivity index is 1.77. The first-order valence-electron chi connectivity index (χ1n) is 8.26. The molecule has 2 atom stereocenters. The van der Waals surface area contributed by atoms with Gasteiger partial charge in [0.2, 0.25) is 15.9 Å². The number of likely N-dealkylation sites (tertiary alicyclic amines) is 1. The van der Waals surface area contributed by atoms with E-state index in [1.807, 2.05) is 25.1 Å². The Labute approximate surface area is 142 Å². The number of ether oxygens (including phenoxy) is 1. The summed E-state index contributed by atoms with van der Waals surface area (Å²) in [6.45, 7) is 3.37. The van der Waals surface area contributed by atoms with Crippen LogP contribution in [0, 0.1) is 5.92 Å². The van der Waals surface area contributed by atoms with Crippen molar-refractivity contribution in [3.05, 3.63) is 18.0 Å². The molecule has 2 aliphatic heterocycles. The highest BCUT2D eigenvalue weighted by Gasteiger charge is 2.38. The Hall–Kier alpha value is -1.45. The van der Waals surface area contributed by atoms with Crippen LogP contribution in [0.5, 0.6) is 0 Å². The van der Waals surface area contributed by atoms with Crippen LogP contribution in [-0.2, 0) is 26.6 Å². The highest BCUT2D eigenvalue weighted by Crippen LogP contribution is 2.36. The maximum absolute atomic E-state index is 12.3. The minimum atomic E-state index is -3.36. The van der Waals surface area contributed by atoms with Crippen molar-refractivity contribution in [3.63, 3.8) is 0 Å². The molecule has 0 saturated carbocycles. The molecule has 2 fully saturated rings. The van der Waals surface area contributed by atoms with Crippen LogP contribution in [0.3, 0.4) is 0 Å². The van der Waals surface area contributed by atoms with Crippen molar-refractivity contribution in [2.45, 2.75) is 31.1 Å². The molecule has 0 aliphatic carbocycles. The van der Waals surface area contributed by atoms with Crippen molar-refractivity contribution in [2.24, 2.45) is 13.0 Å². The van der Waals surface area contributed by atoms with Crippen LogP contribution < -0.4 is 4.72 Å². The van der Waals surface area contributed by atoms with Crippen LogP contribution in [0.15, 0.2) is 12.4 Å². The molecule has 0 spiro atoms. The number of hydrogen-bond donors (Lipinski definition) is 1. The third-order valence-electron chi connectivity index (χ3n) is 4.83. The lowest BCUT2D eigenvalue weighted by Crippen LogP contribution is -2.50. The predicted octanol–water partition coefficient (Wildman–Crippen LogP) is 0.0379. The fraction of sp³-hybridized carbons (Fsp3) is 0.733. The fourth-order valence-electron chi connectivity index (χ4n) is 3.39. The molecule has 9 heteroatoms. The summed E-state index contributed by atoms with van der Waals surface area (Å²) >= 11 is 0. The van der Waals surface area contributed by atoms with E-state index in [0.29, 0.717) is 25.9 Å². The van der Waals surface area contributed by atoms with E-state index in [9.17, 15) is 13.2 Å². The number of aryl methyl sites for hydroxylation is 1. The zero-order chi connectivity index (χ0) is 17.3. The van der Waals surface area contributed by atoms with Crippen LogP contribution in [0.4, 0.5) is 0 Å². The highest BCUT2D eigenvalue weighted by molar-refractivity contribution is 7.90. The molecule has 0 radical (unpaired) electrons. The van der Waals surface area contributed by atoms with Gasteiger partial charge in [-0.15, -0.1) is 0 Å². The Morgan fingerprint density at radius 2 is 2.17 bits per heavy atom. The Kier molecular flexibility index (Phi) is 4.93. The zero-order valence-corrected chi connectivity index (χ0v) is 14.8. The second-order valence-corrected chi connectivity index (χ2v) is 8.47. The van der Waals surface area contributed by atoms with E-state index in [-0.39, 0.29) is 31.1 Å². The van der Waals surface area contributed by atoms with Crippen molar-refractivity contribution in [1.29, 1.82) is 0 Å². The van der Waals surface area contributed by atoms with Gasteiger partial charge in [0, 0.05) is 38.3 Å². The number of amides is 1. The first kappa shape index (κ1) is 17.4. The Morgan fingerprint density at radius 1 is 1.42 bits per heavy atom. The van der Waals surface area contributed by atoms with E-state index in [1.165, 1.54) is 0 Å². The maximum atomic E-state index is 12.3. The molecule has 0 unspecified atom stereocenters. The largest absolute Gasteiger partial charge is 0.378 e. The number of sulfonamides is 1. The predicted molar refractivity (Wildman–Crippen MR) is 87.6 cm³/mol. The van der Waals surface area contributed by atoms with Gasteiger partial charge in [-0.3, -0.25) is 9.48 Å². The van der Waals surface area contributed by atoms with Crippen LogP contribution in [0.2, 0.25) is 0 Å². The molecule has 1 aromatic rings. The van der Waals surface area contributed by atoms with Crippen molar-refractivity contribution in [3.8, 4) is 0 Å². The highest BCUT2D eigenvalue weighted by atomic mass is 32.2. The Bertz CT molecular complexity index is 698. The van der Waals surface area contributed by atoms with Crippen LogP contribution in [0.1, 0.15) is 31.4 Å². The molecule has 24 heavy (non-hydrogen) atoms. The summed E-state index contributed by atoms with van der Waals surface area (Å²) in [4.78, 5) is 14.1. The number of hydrogen-bond acceptors (Lipinski definition) is 5. The second kappa shape index (κ2) is 6.81. The molecule has 134 valence electrons. The monoisotopic (exact) mass is 356 g/mol. The summed E-state index contributed by atoms with van der Waals surface area (Å²) in [5.74, 6) is 0.139. The number of carbonyl (C=O) groups is 1. The molecule has 1 aromatic heterocycles.